The van der Waals surface area contributed by atoms with Crippen LogP contribution in [0.2, 0.25) is 0 Å². The first-order valence-corrected chi connectivity index (χ1v) is 7.99. The molecule has 112 valence electrons. The van der Waals surface area contributed by atoms with Crippen LogP contribution in [-0.2, 0) is 6.42 Å². The Balaban J connectivity index is 2.20. The van der Waals surface area contributed by atoms with Crippen molar-refractivity contribution in [1.82, 2.24) is 10.3 Å². The smallest absolute Gasteiger partial charge is 0.126 e. The summed E-state index contributed by atoms with van der Waals surface area (Å²) in [4.78, 5) is 4.41. The van der Waals surface area contributed by atoms with Crippen molar-refractivity contribution >= 4 is 15.9 Å². The van der Waals surface area contributed by atoms with Crippen LogP contribution in [0.25, 0.3) is 0 Å². The maximum atomic E-state index is 13.8. The molecule has 1 heterocycles. The number of halogens is 2. The normalized spacial score (nSPS) is 12.4. The molecule has 0 radical (unpaired) electrons. The minimum atomic E-state index is -0.153. The van der Waals surface area contributed by atoms with Gasteiger partial charge in [0.05, 0.1) is 0 Å². The van der Waals surface area contributed by atoms with Crippen molar-refractivity contribution in [2.45, 2.75) is 32.7 Å². The maximum Gasteiger partial charge on any atom is 0.126 e. The van der Waals surface area contributed by atoms with Gasteiger partial charge in [-0.1, -0.05) is 19.1 Å². The number of hydrogen-bond acceptors (Lipinski definition) is 2. The van der Waals surface area contributed by atoms with Crippen molar-refractivity contribution in [2.75, 3.05) is 6.54 Å². The molecule has 0 spiro atoms. The summed E-state index contributed by atoms with van der Waals surface area (Å²) in [5.74, 6) is -0.153. The van der Waals surface area contributed by atoms with E-state index in [9.17, 15) is 4.39 Å². The van der Waals surface area contributed by atoms with Crippen molar-refractivity contribution < 1.29 is 4.39 Å². The molecule has 4 heteroatoms. The Morgan fingerprint density at radius 2 is 2.10 bits per heavy atom. The van der Waals surface area contributed by atoms with Crippen molar-refractivity contribution in [1.29, 1.82) is 0 Å². The summed E-state index contributed by atoms with van der Waals surface area (Å²) in [5.41, 5.74) is 2.64. The number of rotatable bonds is 6. The van der Waals surface area contributed by atoms with Crippen molar-refractivity contribution in [3.63, 3.8) is 0 Å². The molecule has 1 atom stereocenters. The summed E-state index contributed by atoms with van der Waals surface area (Å²) in [6.07, 6.45) is 3.58. The summed E-state index contributed by atoms with van der Waals surface area (Å²) in [6, 6.07) is 9.50. The molecule has 1 aromatic carbocycles. The topological polar surface area (TPSA) is 24.9 Å². The van der Waals surface area contributed by atoms with Gasteiger partial charge in [0.2, 0.25) is 0 Å². The highest BCUT2D eigenvalue weighted by Crippen LogP contribution is 2.21. The molecular formula is C17H20BrFN2. The van der Waals surface area contributed by atoms with Gasteiger partial charge in [-0.25, -0.2) is 4.39 Å². The third kappa shape index (κ3) is 4.61. The molecule has 21 heavy (non-hydrogen) atoms. The van der Waals surface area contributed by atoms with Crippen LogP contribution in [-0.4, -0.2) is 11.5 Å². The van der Waals surface area contributed by atoms with Gasteiger partial charge in [0.1, 0.15) is 5.82 Å². The minimum absolute atomic E-state index is 0.0775. The van der Waals surface area contributed by atoms with E-state index < -0.39 is 0 Å². The summed E-state index contributed by atoms with van der Waals surface area (Å²) < 4.78 is 14.8. The molecule has 0 fully saturated rings. The monoisotopic (exact) mass is 350 g/mol. The largest absolute Gasteiger partial charge is 0.310 e. The van der Waals surface area contributed by atoms with Crippen LogP contribution in [0.5, 0.6) is 0 Å². The molecule has 1 aromatic heterocycles. The van der Waals surface area contributed by atoms with E-state index in [0.717, 1.165) is 35.1 Å². The Morgan fingerprint density at radius 1 is 1.29 bits per heavy atom. The highest BCUT2D eigenvalue weighted by atomic mass is 79.9. The van der Waals surface area contributed by atoms with Crippen LogP contribution in [0.4, 0.5) is 4.39 Å². The van der Waals surface area contributed by atoms with Crippen molar-refractivity contribution in [3.8, 4) is 0 Å². The summed E-state index contributed by atoms with van der Waals surface area (Å²) in [6.45, 7) is 4.80. The predicted molar refractivity (Wildman–Crippen MR) is 87.8 cm³/mol. The van der Waals surface area contributed by atoms with Gasteiger partial charge < -0.3 is 5.32 Å². The van der Waals surface area contributed by atoms with Crippen LogP contribution >= 0.6 is 15.9 Å². The lowest BCUT2D eigenvalue weighted by molar-refractivity contribution is 0.519. The fourth-order valence-electron chi connectivity index (χ4n) is 2.19. The number of aryl methyl sites for hydroxylation is 1. The minimum Gasteiger partial charge on any atom is -0.310 e. The van der Waals surface area contributed by atoms with E-state index in [1.807, 2.05) is 24.3 Å². The number of aromatic nitrogens is 1. The molecule has 0 saturated heterocycles. The SMILES string of the molecule is CCCNC(Cc1ccc(Br)cn1)c1ccc(C)c(F)c1. The van der Waals surface area contributed by atoms with Crippen LogP contribution < -0.4 is 5.32 Å². The fraction of sp³-hybridized carbons (Fsp3) is 0.353. The van der Waals surface area contributed by atoms with E-state index in [-0.39, 0.29) is 11.9 Å². The van der Waals surface area contributed by atoms with Gasteiger partial charge in [-0.2, -0.15) is 0 Å². The second kappa shape index (κ2) is 7.66. The third-order valence-electron chi connectivity index (χ3n) is 3.44. The third-order valence-corrected chi connectivity index (χ3v) is 3.91. The molecule has 1 N–H and O–H groups in total. The summed E-state index contributed by atoms with van der Waals surface area (Å²) in [5, 5.41) is 3.48. The fourth-order valence-corrected chi connectivity index (χ4v) is 2.42. The second-order valence-electron chi connectivity index (χ2n) is 5.19. The first-order valence-electron chi connectivity index (χ1n) is 7.20. The van der Waals surface area contributed by atoms with Crippen LogP contribution in [0.3, 0.4) is 0 Å². The van der Waals surface area contributed by atoms with E-state index in [1.165, 1.54) is 0 Å². The van der Waals surface area contributed by atoms with E-state index in [2.05, 4.69) is 33.2 Å². The Kier molecular flexibility index (Phi) is 5.88. The molecule has 0 amide bonds. The highest BCUT2D eigenvalue weighted by molar-refractivity contribution is 9.10. The van der Waals surface area contributed by atoms with Gasteiger partial charge >= 0.3 is 0 Å². The van der Waals surface area contributed by atoms with Gasteiger partial charge in [-0.05, 0) is 65.1 Å². The predicted octanol–water partition coefficient (Wildman–Crippen LogP) is 4.58. The highest BCUT2D eigenvalue weighted by Gasteiger charge is 2.14. The lowest BCUT2D eigenvalue weighted by atomic mass is 10.00. The first kappa shape index (κ1) is 16.1. The second-order valence-corrected chi connectivity index (χ2v) is 6.10. The Morgan fingerprint density at radius 3 is 2.71 bits per heavy atom. The van der Waals surface area contributed by atoms with E-state index in [0.29, 0.717) is 5.56 Å². The average Bonchev–Trinajstić information content (AvgIpc) is 2.48. The van der Waals surface area contributed by atoms with E-state index in [4.69, 9.17) is 0 Å². The van der Waals surface area contributed by atoms with Gasteiger partial charge in [0.15, 0.2) is 0 Å². The standard InChI is InChI=1S/C17H20BrFN2/c1-3-8-20-17(10-15-7-6-14(18)11-21-15)13-5-4-12(2)16(19)9-13/h4-7,9,11,17,20H,3,8,10H2,1-2H3. The summed E-state index contributed by atoms with van der Waals surface area (Å²) in [7, 11) is 0. The average molecular weight is 351 g/mol. The molecule has 0 saturated carbocycles. The zero-order valence-corrected chi connectivity index (χ0v) is 14.0. The molecule has 0 aliphatic rings. The number of hydrogen-bond donors (Lipinski definition) is 1. The van der Waals surface area contributed by atoms with Gasteiger partial charge in [0, 0.05) is 28.8 Å². The number of nitrogens with one attached hydrogen (secondary N) is 1. The lowest BCUT2D eigenvalue weighted by Crippen LogP contribution is -2.24. The van der Waals surface area contributed by atoms with E-state index in [1.54, 1.807) is 19.2 Å². The molecule has 0 aliphatic heterocycles. The lowest BCUT2D eigenvalue weighted by Gasteiger charge is -2.19. The van der Waals surface area contributed by atoms with E-state index >= 15 is 0 Å². The van der Waals surface area contributed by atoms with Gasteiger partial charge in [-0.3, -0.25) is 4.98 Å². The zero-order valence-electron chi connectivity index (χ0n) is 12.4. The first-order chi connectivity index (χ1) is 10.1. The molecular weight excluding hydrogens is 331 g/mol. The number of nitrogens with zero attached hydrogens (tertiary/aromatic N) is 1. The Hall–Kier alpha value is -1.26. The molecule has 2 nitrogen and oxygen atoms in total. The van der Waals surface area contributed by atoms with Crippen molar-refractivity contribution in [3.05, 3.63) is 63.6 Å². The zero-order chi connectivity index (χ0) is 15.2. The number of pyridine rings is 1. The maximum absolute atomic E-state index is 13.8. The molecule has 2 rings (SSSR count). The van der Waals surface area contributed by atoms with Crippen LogP contribution in [0, 0.1) is 12.7 Å². The molecule has 1 unspecified atom stereocenters. The Bertz CT molecular complexity index is 584. The molecule has 0 aliphatic carbocycles. The molecule has 0 bridgehead atoms. The van der Waals surface area contributed by atoms with Gasteiger partial charge in [0.25, 0.3) is 0 Å². The van der Waals surface area contributed by atoms with Gasteiger partial charge in [-0.15, -0.1) is 0 Å². The van der Waals surface area contributed by atoms with Crippen LogP contribution in [0.1, 0.15) is 36.2 Å². The quantitative estimate of drug-likeness (QED) is 0.824. The number of benzene rings is 1. The summed E-state index contributed by atoms with van der Waals surface area (Å²) >= 11 is 3.39. The van der Waals surface area contributed by atoms with Crippen LogP contribution in [0.15, 0.2) is 41.0 Å². The molecule has 2 aromatic rings. The van der Waals surface area contributed by atoms with Crippen molar-refractivity contribution in [2.24, 2.45) is 0 Å². The Labute approximate surface area is 133 Å².